The number of carbonyl (C=O) groups excluding carboxylic acids is 2. The van der Waals surface area contributed by atoms with Crippen LogP contribution in [0.3, 0.4) is 0 Å². The second kappa shape index (κ2) is 9.22. The van der Waals surface area contributed by atoms with Crippen molar-refractivity contribution < 1.29 is 22.8 Å². The third-order valence-corrected chi connectivity index (χ3v) is 5.08. The van der Waals surface area contributed by atoms with Gasteiger partial charge in [-0.25, -0.2) is 9.67 Å². The summed E-state index contributed by atoms with van der Waals surface area (Å²) in [5.74, 6) is -0.868. The Morgan fingerprint density at radius 3 is 2.33 bits per heavy atom. The van der Waals surface area contributed by atoms with E-state index in [4.69, 9.17) is 11.6 Å². The molecule has 3 rings (SSSR count). The Morgan fingerprint density at radius 1 is 1.09 bits per heavy atom. The third-order valence-electron chi connectivity index (χ3n) is 4.75. The average molecular weight is 480 g/mol. The van der Waals surface area contributed by atoms with Gasteiger partial charge in [-0.3, -0.25) is 9.59 Å². The van der Waals surface area contributed by atoms with E-state index in [1.54, 1.807) is 20.2 Å². The minimum Gasteiger partial charge on any atom is -0.345 e. The summed E-state index contributed by atoms with van der Waals surface area (Å²) >= 11 is 6.12. The quantitative estimate of drug-likeness (QED) is 0.557. The summed E-state index contributed by atoms with van der Waals surface area (Å²) in [7, 11) is 3.17. The van der Waals surface area contributed by atoms with Crippen molar-refractivity contribution in [2.75, 3.05) is 19.4 Å². The van der Waals surface area contributed by atoms with Gasteiger partial charge in [0.1, 0.15) is 0 Å². The van der Waals surface area contributed by atoms with E-state index in [9.17, 15) is 22.8 Å². The zero-order valence-electron chi connectivity index (χ0n) is 18.2. The first-order valence-corrected chi connectivity index (χ1v) is 10.2. The van der Waals surface area contributed by atoms with Crippen molar-refractivity contribution in [2.24, 2.45) is 0 Å². The summed E-state index contributed by atoms with van der Waals surface area (Å²) in [6.45, 7) is 3.65. The molecule has 7 nitrogen and oxygen atoms in total. The number of nitrogens with one attached hydrogen (secondary N) is 1. The second-order valence-electron chi connectivity index (χ2n) is 7.76. The van der Waals surface area contributed by atoms with Gasteiger partial charge in [0.25, 0.3) is 11.8 Å². The van der Waals surface area contributed by atoms with Crippen molar-refractivity contribution in [1.29, 1.82) is 0 Å². The van der Waals surface area contributed by atoms with Crippen molar-refractivity contribution in [1.82, 2.24) is 19.7 Å². The summed E-state index contributed by atoms with van der Waals surface area (Å²) in [5.41, 5.74) is 0.395. The summed E-state index contributed by atoms with van der Waals surface area (Å²) in [6.07, 6.45) is -2.46. The Labute approximate surface area is 193 Å². The molecule has 0 saturated carbocycles. The Morgan fingerprint density at radius 2 is 1.79 bits per heavy atom. The SMILES string of the molecule is CC(C)c1c(C(=O)Nc2ccc(Cl)c(C(=O)N(C)C)c2)cnn1-c1ccc(C(F)(F)F)cn1. The number of halogens is 4. The van der Waals surface area contributed by atoms with E-state index in [0.717, 1.165) is 12.3 Å². The molecule has 33 heavy (non-hydrogen) atoms. The van der Waals surface area contributed by atoms with Gasteiger partial charge in [0.15, 0.2) is 5.82 Å². The second-order valence-corrected chi connectivity index (χ2v) is 8.17. The smallest absolute Gasteiger partial charge is 0.345 e. The van der Waals surface area contributed by atoms with Gasteiger partial charge in [0.2, 0.25) is 0 Å². The molecule has 0 fully saturated rings. The Kier molecular flexibility index (Phi) is 6.78. The highest BCUT2D eigenvalue weighted by Crippen LogP contribution is 2.30. The molecule has 0 unspecified atom stereocenters. The maximum Gasteiger partial charge on any atom is 0.417 e. The molecule has 1 N–H and O–H groups in total. The van der Waals surface area contributed by atoms with Crippen molar-refractivity contribution >= 4 is 29.1 Å². The molecule has 0 spiro atoms. The van der Waals surface area contributed by atoms with Crippen molar-refractivity contribution in [3.05, 3.63) is 70.1 Å². The van der Waals surface area contributed by atoms with Crippen LogP contribution in [0, 0.1) is 0 Å². The zero-order chi connectivity index (χ0) is 24.5. The van der Waals surface area contributed by atoms with Crippen LogP contribution in [0.1, 0.15) is 51.7 Å². The first-order chi connectivity index (χ1) is 15.4. The number of benzene rings is 1. The van der Waals surface area contributed by atoms with Crippen molar-refractivity contribution in [2.45, 2.75) is 25.9 Å². The number of alkyl halides is 3. The van der Waals surface area contributed by atoms with Crippen molar-refractivity contribution in [3.63, 3.8) is 0 Å². The number of amides is 2. The van der Waals surface area contributed by atoms with Crippen LogP contribution in [0.15, 0.2) is 42.7 Å². The van der Waals surface area contributed by atoms with Gasteiger partial charge in [-0.15, -0.1) is 0 Å². The van der Waals surface area contributed by atoms with E-state index in [2.05, 4.69) is 15.4 Å². The maximum atomic E-state index is 13.0. The van der Waals surface area contributed by atoms with Crippen LogP contribution in [-0.2, 0) is 6.18 Å². The van der Waals surface area contributed by atoms with E-state index in [0.29, 0.717) is 11.4 Å². The highest BCUT2D eigenvalue weighted by molar-refractivity contribution is 6.34. The number of rotatable bonds is 5. The first-order valence-electron chi connectivity index (χ1n) is 9.84. The maximum absolute atomic E-state index is 13.0. The number of pyridine rings is 1. The van der Waals surface area contributed by atoms with Gasteiger partial charge in [0.05, 0.1) is 33.6 Å². The van der Waals surface area contributed by atoms with Gasteiger partial charge in [-0.1, -0.05) is 25.4 Å². The average Bonchev–Trinajstić information content (AvgIpc) is 3.19. The summed E-state index contributed by atoms with van der Waals surface area (Å²) in [5, 5.41) is 7.14. The molecule has 2 aromatic heterocycles. The molecule has 0 saturated heterocycles. The lowest BCUT2D eigenvalue weighted by molar-refractivity contribution is -0.137. The number of aromatic nitrogens is 3. The monoisotopic (exact) mass is 479 g/mol. The van der Waals surface area contributed by atoms with Crippen molar-refractivity contribution in [3.8, 4) is 5.82 Å². The molecule has 1 aromatic carbocycles. The molecular formula is C22H21ClF3N5O2. The molecule has 0 bridgehead atoms. The van der Waals surface area contributed by atoms with Crippen LogP contribution in [0.4, 0.5) is 18.9 Å². The molecule has 0 aliphatic rings. The highest BCUT2D eigenvalue weighted by atomic mass is 35.5. The topological polar surface area (TPSA) is 80.1 Å². The van der Waals surface area contributed by atoms with Crippen LogP contribution in [0.25, 0.3) is 5.82 Å². The van der Waals surface area contributed by atoms with E-state index in [1.165, 1.54) is 34.0 Å². The van der Waals surface area contributed by atoms with Crippen LogP contribution in [-0.4, -0.2) is 45.6 Å². The molecule has 174 valence electrons. The minimum atomic E-state index is -4.51. The molecule has 11 heteroatoms. The molecule has 0 aliphatic heterocycles. The number of nitrogens with zero attached hydrogens (tertiary/aromatic N) is 4. The lowest BCUT2D eigenvalue weighted by Crippen LogP contribution is -2.22. The summed E-state index contributed by atoms with van der Waals surface area (Å²) < 4.78 is 39.9. The standard InChI is InChI=1S/C22H21ClF3N5O2/c1-12(2)19-16(11-28-31(19)18-8-5-13(10-27-18)22(24,25)26)20(32)29-14-6-7-17(23)15(9-14)21(33)30(3)4/h5-12H,1-4H3,(H,29,32). The van der Waals surface area contributed by atoms with Gasteiger partial charge in [-0.2, -0.15) is 18.3 Å². The van der Waals surface area contributed by atoms with Crippen LogP contribution in [0.2, 0.25) is 5.02 Å². The van der Waals surface area contributed by atoms with E-state index < -0.39 is 17.6 Å². The van der Waals surface area contributed by atoms with E-state index >= 15 is 0 Å². The Bertz CT molecular complexity index is 1190. The van der Waals surface area contributed by atoms with Gasteiger partial charge >= 0.3 is 6.18 Å². The fourth-order valence-corrected chi connectivity index (χ4v) is 3.35. The first kappa shape index (κ1) is 24.2. The molecule has 0 atom stereocenters. The molecule has 3 aromatic rings. The lowest BCUT2D eigenvalue weighted by atomic mass is 10.0. The van der Waals surface area contributed by atoms with E-state index in [-0.39, 0.29) is 33.8 Å². The number of carbonyl (C=O) groups is 2. The molecule has 2 heterocycles. The largest absolute Gasteiger partial charge is 0.417 e. The normalized spacial score (nSPS) is 11.5. The molecule has 0 aliphatic carbocycles. The molecule has 2 amide bonds. The van der Waals surface area contributed by atoms with Crippen LogP contribution < -0.4 is 5.32 Å². The highest BCUT2D eigenvalue weighted by Gasteiger charge is 2.31. The number of hydrogen-bond acceptors (Lipinski definition) is 4. The predicted octanol–water partition coefficient (Wildman–Crippen LogP) is 5.02. The van der Waals surface area contributed by atoms with Gasteiger partial charge in [0, 0.05) is 26.0 Å². The Balaban J connectivity index is 1.93. The molecular weight excluding hydrogens is 459 g/mol. The zero-order valence-corrected chi connectivity index (χ0v) is 19.0. The molecule has 0 radical (unpaired) electrons. The van der Waals surface area contributed by atoms with Gasteiger partial charge in [-0.05, 0) is 36.2 Å². The summed E-state index contributed by atoms with van der Waals surface area (Å²) in [6, 6.07) is 6.64. The third kappa shape index (κ3) is 5.16. The van der Waals surface area contributed by atoms with Crippen LogP contribution >= 0.6 is 11.6 Å². The lowest BCUT2D eigenvalue weighted by Gasteiger charge is -2.14. The fourth-order valence-electron chi connectivity index (χ4n) is 3.16. The van der Waals surface area contributed by atoms with Gasteiger partial charge < -0.3 is 10.2 Å². The predicted molar refractivity (Wildman–Crippen MR) is 118 cm³/mol. The minimum absolute atomic E-state index is 0.149. The van der Waals surface area contributed by atoms with E-state index in [1.807, 2.05) is 13.8 Å². The van der Waals surface area contributed by atoms with Crippen LogP contribution in [0.5, 0.6) is 0 Å². The number of hydrogen-bond donors (Lipinski definition) is 1. The Hall–Kier alpha value is -3.40. The number of anilines is 1. The fraction of sp³-hybridized carbons (Fsp3) is 0.273. The summed E-state index contributed by atoms with van der Waals surface area (Å²) in [4.78, 5) is 30.5.